The maximum atomic E-state index is 12.8. The van der Waals surface area contributed by atoms with Gasteiger partial charge in [-0.1, -0.05) is 6.92 Å². The summed E-state index contributed by atoms with van der Waals surface area (Å²) in [6.45, 7) is 1.28. The van der Waals surface area contributed by atoms with Crippen LogP contribution >= 0.6 is 0 Å². The fourth-order valence-corrected chi connectivity index (χ4v) is 2.11. The summed E-state index contributed by atoms with van der Waals surface area (Å²) < 4.78 is 48.5. The maximum absolute atomic E-state index is 12.8. The lowest BCUT2D eigenvalue weighted by Crippen LogP contribution is -2.28. The van der Waals surface area contributed by atoms with Gasteiger partial charge in [-0.15, -0.1) is 0 Å². The van der Waals surface area contributed by atoms with Crippen molar-refractivity contribution in [1.82, 2.24) is 10.3 Å². The van der Waals surface area contributed by atoms with Gasteiger partial charge < -0.3 is 19.6 Å². The first-order valence-corrected chi connectivity index (χ1v) is 7.53. The second kappa shape index (κ2) is 7.89. The summed E-state index contributed by atoms with van der Waals surface area (Å²) in [4.78, 5) is 26.5. The van der Waals surface area contributed by atoms with E-state index in [0.717, 1.165) is 24.4 Å². The van der Waals surface area contributed by atoms with Gasteiger partial charge in [-0.05, 0) is 12.1 Å². The lowest BCUT2D eigenvalue weighted by molar-refractivity contribution is -0.139. The molecule has 0 aromatic carbocycles. The molecule has 7 nitrogen and oxygen atoms in total. The van der Waals surface area contributed by atoms with Gasteiger partial charge in [0.15, 0.2) is 5.76 Å². The molecule has 2 N–H and O–H groups in total. The third-order valence-corrected chi connectivity index (χ3v) is 3.29. The number of aromatic carboxylic acids is 1. The average molecular weight is 372 g/mol. The normalized spacial score (nSPS) is 11.2. The molecular weight excluding hydrogens is 357 g/mol. The second-order valence-electron chi connectivity index (χ2n) is 5.06. The maximum Gasteiger partial charge on any atom is 0.421 e. The molecule has 0 unspecified atom stereocenters. The van der Waals surface area contributed by atoms with Crippen molar-refractivity contribution in [2.45, 2.75) is 19.5 Å². The zero-order valence-corrected chi connectivity index (χ0v) is 13.6. The van der Waals surface area contributed by atoms with Crippen molar-refractivity contribution in [3.63, 3.8) is 0 Å². The quantitative estimate of drug-likeness (QED) is 0.725. The van der Waals surface area contributed by atoms with Crippen LogP contribution in [-0.4, -0.2) is 35.1 Å². The van der Waals surface area contributed by atoms with Gasteiger partial charge in [0.05, 0.1) is 6.54 Å². The number of hydrogen-bond acceptors (Lipinski definition) is 5. The highest BCUT2D eigenvalue weighted by atomic mass is 19.4. The van der Waals surface area contributed by atoms with Crippen LogP contribution in [-0.2, 0) is 12.6 Å². The Morgan fingerprint density at radius 1 is 1.38 bits per heavy atom. The predicted molar refractivity (Wildman–Crippen MR) is 82.1 cm³/mol. The minimum absolute atomic E-state index is 0.114. The van der Waals surface area contributed by atoms with Crippen LogP contribution in [0.2, 0.25) is 0 Å². The van der Waals surface area contributed by atoms with Crippen molar-refractivity contribution in [3.8, 4) is 5.88 Å². The number of carboxylic acids is 1. The summed E-state index contributed by atoms with van der Waals surface area (Å²) in [7, 11) is 0. The molecule has 2 aromatic heterocycles. The minimum Gasteiger partial charge on any atom is -0.478 e. The van der Waals surface area contributed by atoms with Crippen LogP contribution in [0.15, 0.2) is 28.8 Å². The van der Waals surface area contributed by atoms with E-state index < -0.39 is 29.5 Å². The largest absolute Gasteiger partial charge is 0.478 e. The Labute approximate surface area is 145 Å². The van der Waals surface area contributed by atoms with Gasteiger partial charge in [0, 0.05) is 18.7 Å². The van der Waals surface area contributed by atoms with E-state index >= 15 is 0 Å². The minimum atomic E-state index is -4.61. The molecule has 2 heterocycles. The second-order valence-corrected chi connectivity index (χ2v) is 5.06. The Hall–Kier alpha value is -3.04. The van der Waals surface area contributed by atoms with Gasteiger partial charge >= 0.3 is 12.1 Å². The third kappa shape index (κ3) is 4.52. The number of nitrogens with zero attached hydrogens (tertiary/aromatic N) is 1. The number of amides is 1. The SMILES string of the molecule is CCc1oc(C(=O)NCCOc2ncccc2C(F)(F)F)cc1C(=O)O. The molecule has 0 aliphatic heterocycles. The van der Waals surface area contributed by atoms with Crippen LogP contribution < -0.4 is 10.1 Å². The summed E-state index contributed by atoms with van der Waals surface area (Å²) in [5.41, 5.74) is -1.13. The van der Waals surface area contributed by atoms with Crippen molar-refractivity contribution in [3.05, 3.63) is 47.0 Å². The summed E-state index contributed by atoms with van der Waals surface area (Å²) in [5.74, 6) is -2.56. The summed E-state index contributed by atoms with van der Waals surface area (Å²) >= 11 is 0. The number of hydrogen-bond donors (Lipinski definition) is 2. The topological polar surface area (TPSA) is 102 Å². The summed E-state index contributed by atoms with van der Waals surface area (Å²) in [6, 6.07) is 3.07. The number of nitrogens with one attached hydrogen (secondary N) is 1. The molecule has 0 saturated heterocycles. The number of pyridine rings is 1. The van der Waals surface area contributed by atoms with Crippen LogP contribution in [0, 0.1) is 0 Å². The summed E-state index contributed by atoms with van der Waals surface area (Å²) in [5, 5.41) is 11.4. The molecule has 2 aromatic rings. The molecule has 10 heteroatoms. The molecular formula is C16H15F3N2O5. The Morgan fingerprint density at radius 2 is 2.12 bits per heavy atom. The molecule has 1 amide bonds. The number of halogens is 3. The van der Waals surface area contributed by atoms with Crippen molar-refractivity contribution >= 4 is 11.9 Å². The van der Waals surface area contributed by atoms with Crippen molar-refractivity contribution in [2.24, 2.45) is 0 Å². The monoisotopic (exact) mass is 372 g/mol. The Kier molecular flexibility index (Phi) is 5.86. The smallest absolute Gasteiger partial charge is 0.421 e. The van der Waals surface area contributed by atoms with E-state index in [1.807, 2.05) is 0 Å². The number of carboxylic acid groups (broad SMARTS) is 1. The van der Waals surface area contributed by atoms with Gasteiger partial charge in [0.25, 0.3) is 5.91 Å². The highest BCUT2D eigenvalue weighted by molar-refractivity contribution is 5.96. The molecule has 0 bridgehead atoms. The lowest BCUT2D eigenvalue weighted by Gasteiger charge is -2.12. The van der Waals surface area contributed by atoms with E-state index in [1.165, 1.54) is 0 Å². The average Bonchev–Trinajstić information content (AvgIpc) is 3.03. The van der Waals surface area contributed by atoms with Crippen molar-refractivity contribution in [2.75, 3.05) is 13.2 Å². The number of aromatic nitrogens is 1. The zero-order valence-electron chi connectivity index (χ0n) is 13.6. The van der Waals surface area contributed by atoms with E-state index in [4.69, 9.17) is 14.3 Å². The summed E-state index contributed by atoms with van der Waals surface area (Å²) in [6.07, 6.45) is -3.16. The van der Waals surface area contributed by atoms with E-state index in [-0.39, 0.29) is 36.7 Å². The van der Waals surface area contributed by atoms with Gasteiger partial charge in [0.2, 0.25) is 5.88 Å². The highest BCUT2D eigenvalue weighted by Crippen LogP contribution is 2.34. The molecule has 2 rings (SSSR count). The molecule has 0 aliphatic carbocycles. The molecule has 0 atom stereocenters. The molecule has 0 fully saturated rings. The number of carbonyl (C=O) groups excluding carboxylic acids is 1. The van der Waals surface area contributed by atoms with E-state index in [2.05, 4.69) is 10.3 Å². The van der Waals surface area contributed by atoms with Gasteiger partial charge in [0.1, 0.15) is 23.5 Å². The van der Waals surface area contributed by atoms with Crippen molar-refractivity contribution < 1.29 is 37.0 Å². The van der Waals surface area contributed by atoms with E-state index in [1.54, 1.807) is 6.92 Å². The number of rotatable bonds is 7. The van der Waals surface area contributed by atoms with Crippen LogP contribution in [0.4, 0.5) is 13.2 Å². The standard InChI is InChI=1S/C16H15F3N2O5/c1-2-11-9(15(23)24)8-12(26-11)13(22)20-6-7-25-14-10(16(17,18)19)4-3-5-21-14/h3-5,8H,2,6-7H2,1H3,(H,20,22)(H,23,24). The van der Waals surface area contributed by atoms with Gasteiger partial charge in [-0.2, -0.15) is 13.2 Å². The van der Waals surface area contributed by atoms with Crippen molar-refractivity contribution in [1.29, 1.82) is 0 Å². The van der Waals surface area contributed by atoms with E-state index in [9.17, 15) is 22.8 Å². The van der Waals surface area contributed by atoms with Gasteiger partial charge in [-0.25, -0.2) is 9.78 Å². The number of carbonyl (C=O) groups is 2. The molecule has 0 radical (unpaired) electrons. The zero-order chi connectivity index (χ0) is 19.3. The number of ether oxygens (including phenoxy) is 1. The third-order valence-electron chi connectivity index (χ3n) is 3.29. The number of furan rings is 1. The predicted octanol–water partition coefficient (Wildman–Crippen LogP) is 2.76. The van der Waals surface area contributed by atoms with Crippen LogP contribution in [0.5, 0.6) is 5.88 Å². The highest BCUT2D eigenvalue weighted by Gasteiger charge is 2.35. The number of alkyl halides is 3. The van der Waals surface area contributed by atoms with Crippen LogP contribution in [0.25, 0.3) is 0 Å². The van der Waals surface area contributed by atoms with Crippen LogP contribution in [0.1, 0.15) is 39.2 Å². The Bertz CT molecular complexity index is 801. The molecule has 0 saturated carbocycles. The first-order chi connectivity index (χ1) is 12.2. The molecule has 26 heavy (non-hydrogen) atoms. The first kappa shape index (κ1) is 19.3. The first-order valence-electron chi connectivity index (χ1n) is 7.53. The Morgan fingerprint density at radius 3 is 2.69 bits per heavy atom. The van der Waals surface area contributed by atoms with Gasteiger partial charge in [-0.3, -0.25) is 4.79 Å². The Balaban J connectivity index is 1.93. The van der Waals surface area contributed by atoms with E-state index in [0.29, 0.717) is 0 Å². The molecule has 0 spiro atoms. The van der Waals surface area contributed by atoms with Crippen LogP contribution in [0.3, 0.4) is 0 Å². The fraction of sp³-hybridized carbons (Fsp3) is 0.312. The molecule has 0 aliphatic rings. The lowest BCUT2D eigenvalue weighted by atomic mass is 10.2. The fourth-order valence-electron chi connectivity index (χ4n) is 2.11. The number of aryl methyl sites for hydroxylation is 1. The molecule has 140 valence electrons.